The number of nitrogen functional groups attached to an aromatic ring is 1. The molecule has 1 unspecified atom stereocenters. The number of amides is 1. The fraction of sp³-hybridized carbons (Fsp3) is 0.444. The number of hydrogen-bond acceptors (Lipinski definition) is 6. The third-order valence-electron chi connectivity index (χ3n) is 1.88. The molecule has 0 bridgehead atoms. The van der Waals surface area contributed by atoms with Gasteiger partial charge in [-0.3, -0.25) is 4.79 Å². The van der Waals surface area contributed by atoms with Crippen LogP contribution in [-0.4, -0.2) is 28.1 Å². The van der Waals surface area contributed by atoms with Gasteiger partial charge in [-0.25, -0.2) is 14.6 Å². The average molecular weight is 259 g/mol. The maximum atomic E-state index is 11.4. The van der Waals surface area contributed by atoms with Gasteiger partial charge in [0.2, 0.25) is 5.91 Å². The van der Waals surface area contributed by atoms with Gasteiger partial charge in [-0.1, -0.05) is 6.92 Å². The van der Waals surface area contributed by atoms with Crippen LogP contribution in [0.2, 0.25) is 0 Å². The van der Waals surface area contributed by atoms with Crippen LogP contribution in [0.1, 0.15) is 20.3 Å². The fourth-order valence-electron chi connectivity index (χ4n) is 1.08. The number of hydrogen-bond donors (Lipinski definition) is 2. The van der Waals surface area contributed by atoms with E-state index in [0.29, 0.717) is 0 Å². The van der Waals surface area contributed by atoms with Crippen molar-refractivity contribution in [3.8, 4) is 0 Å². The molecule has 1 aromatic rings. The zero-order chi connectivity index (χ0) is 13.0. The van der Waals surface area contributed by atoms with Crippen molar-refractivity contribution in [2.75, 3.05) is 10.8 Å². The third-order valence-corrected chi connectivity index (χ3v) is 2.54. The fourth-order valence-corrected chi connectivity index (χ4v) is 1.60. The number of nitrogens with two attached hydrogens (primary N) is 1. The van der Waals surface area contributed by atoms with Crippen molar-refractivity contribution in [2.45, 2.75) is 26.4 Å². The summed E-state index contributed by atoms with van der Waals surface area (Å²) >= 11 is 1.14. The lowest BCUT2D eigenvalue weighted by Gasteiger charge is -2.21. The van der Waals surface area contributed by atoms with Crippen LogP contribution in [0.4, 0.5) is 10.9 Å². The molecule has 0 aliphatic carbocycles. The maximum absolute atomic E-state index is 11.4. The van der Waals surface area contributed by atoms with Gasteiger partial charge in [0.15, 0.2) is 17.1 Å². The van der Waals surface area contributed by atoms with E-state index in [-0.39, 0.29) is 17.4 Å². The van der Waals surface area contributed by atoms with E-state index in [2.05, 4.69) is 4.98 Å². The van der Waals surface area contributed by atoms with Crippen LogP contribution in [0.25, 0.3) is 0 Å². The molecule has 8 heteroatoms. The number of aromatic nitrogens is 1. The predicted octanol–water partition coefficient (Wildman–Crippen LogP) is 0.873. The number of rotatable bonds is 5. The van der Waals surface area contributed by atoms with E-state index in [0.717, 1.165) is 16.4 Å². The largest absolute Gasteiger partial charge is 0.479 e. The van der Waals surface area contributed by atoms with Gasteiger partial charge in [-0.2, -0.15) is 5.06 Å². The molecule has 1 atom stereocenters. The molecule has 0 aliphatic heterocycles. The van der Waals surface area contributed by atoms with Crippen LogP contribution in [-0.2, 0) is 14.4 Å². The standard InChI is InChI=1S/C9H13N3O4S/c1-3-6(8(14)15)16-12(5(2)13)7-4-17-9(10)11-7/h4,6H,3H2,1-2H3,(H2,10,11)(H,14,15). The minimum atomic E-state index is -1.14. The van der Waals surface area contributed by atoms with Gasteiger partial charge in [-0.15, -0.1) is 11.3 Å². The highest BCUT2D eigenvalue weighted by Gasteiger charge is 2.24. The van der Waals surface area contributed by atoms with Crippen LogP contribution in [0.15, 0.2) is 5.38 Å². The second kappa shape index (κ2) is 5.60. The van der Waals surface area contributed by atoms with Crippen LogP contribution in [0.5, 0.6) is 0 Å². The van der Waals surface area contributed by atoms with Crippen molar-refractivity contribution in [3.05, 3.63) is 5.38 Å². The Morgan fingerprint density at radius 2 is 2.35 bits per heavy atom. The summed E-state index contributed by atoms with van der Waals surface area (Å²) in [6.07, 6.45) is -0.861. The summed E-state index contributed by atoms with van der Waals surface area (Å²) in [5, 5.41) is 11.5. The summed E-state index contributed by atoms with van der Waals surface area (Å²) in [5.74, 6) is -1.41. The Hall–Kier alpha value is -1.67. The molecule has 0 fully saturated rings. The lowest BCUT2D eigenvalue weighted by molar-refractivity contribution is -0.153. The Morgan fingerprint density at radius 3 is 2.71 bits per heavy atom. The average Bonchev–Trinajstić information content (AvgIpc) is 2.65. The number of carbonyl (C=O) groups is 2. The first-order chi connectivity index (χ1) is 7.95. The molecule has 0 aromatic carbocycles. The Labute approximate surface area is 102 Å². The zero-order valence-electron chi connectivity index (χ0n) is 9.41. The molecule has 0 radical (unpaired) electrons. The molecule has 0 saturated carbocycles. The monoisotopic (exact) mass is 259 g/mol. The normalized spacial score (nSPS) is 12.1. The summed E-state index contributed by atoms with van der Waals surface area (Å²) < 4.78 is 0. The molecular weight excluding hydrogens is 246 g/mol. The molecule has 7 nitrogen and oxygen atoms in total. The number of hydroxylamine groups is 1. The van der Waals surface area contributed by atoms with E-state index in [1.54, 1.807) is 6.92 Å². The number of carbonyl (C=O) groups excluding carboxylic acids is 1. The summed E-state index contributed by atoms with van der Waals surface area (Å²) in [6, 6.07) is 0. The SMILES string of the molecule is CCC(ON(C(C)=O)c1csc(N)n1)C(=O)O. The quantitative estimate of drug-likeness (QED) is 0.760. The first-order valence-corrected chi connectivity index (χ1v) is 5.75. The Bertz CT molecular complexity index is 420. The molecule has 94 valence electrons. The molecule has 1 amide bonds. The van der Waals surface area contributed by atoms with E-state index in [4.69, 9.17) is 15.7 Å². The van der Waals surface area contributed by atoms with Gasteiger partial charge in [0.25, 0.3) is 0 Å². The van der Waals surface area contributed by atoms with Gasteiger partial charge in [0, 0.05) is 12.3 Å². The molecule has 17 heavy (non-hydrogen) atoms. The highest BCUT2D eigenvalue weighted by Crippen LogP contribution is 2.21. The smallest absolute Gasteiger partial charge is 0.335 e. The van der Waals surface area contributed by atoms with Crippen molar-refractivity contribution in [1.82, 2.24) is 4.98 Å². The Morgan fingerprint density at radius 1 is 1.71 bits per heavy atom. The molecular formula is C9H13N3O4S. The first kappa shape index (κ1) is 13.4. The van der Waals surface area contributed by atoms with Gasteiger partial charge < -0.3 is 10.8 Å². The van der Waals surface area contributed by atoms with E-state index in [9.17, 15) is 9.59 Å². The summed E-state index contributed by atoms with van der Waals surface area (Å²) in [4.78, 5) is 31.1. The molecule has 0 saturated heterocycles. The minimum Gasteiger partial charge on any atom is -0.479 e. The Balaban J connectivity index is 2.87. The molecule has 0 spiro atoms. The molecule has 3 N–H and O–H groups in total. The lowest BCUT2D eigenvalue weighted by Crippen LogP contribution is -2.37. The molecule has 1 rings (SSSR count). The minimum absolute atomic E-state index is 0.194. The van der Waals surface area contributed by atoms with Crippen LogP contribution < -0.4 is 10.8 Å². The summed E-state index contributed by atoms with van der Waals surface area (Å²) in [7, 11) is 0. The predicted molar refractivity (Wildman–Crippen MR) is 62.5 cm³/mol. The van der Waals surface area contributed by atoms with Crippen molar-refractivity contribution < 1.29 is 19.5 Å². The second-order valence-corrected chi connectivity index (χ2v) is 4.09. The van der Waals surface area contributed by atoms with Crippen molar-refractivity contribution in [2.24, 2.45) is 0 Å². The van der Waals surface area contributed by atoms with Crippen molar-refractivity contribution in [3.63, 3.8) is 0 Å². The van der Waals surface area contributed by atoms with Gasteiger partial charge in [-0.05, 0) is 6.42 Å². The van der Waals surface area contributed by atoms with Gasteiger partial charge >= 0.3 is 5.97 Å². The number of nitrogens with zero attached hydrogens (tertiary/aromatic N) is 2. The van der Waals surface area contributed by atoms with Gasteiger partial charge in [0.05, 0.1) is 0 Å². The van der Waals surface area contributed by atoms with E-state index >= 15 is 0 Å². The summed E-state index contributed by atoms with van der Waals surface area (Å²) in [6.45, 7) is 2.90. The topological polar surface area (TPSA) is 106 Å². The summed E-state index contributed by atoms with van der Waals surface area (Å²) in [5.41, 5.74) is 5.44. The van der Waals surface area contributed by atoms with Crippen LogP contribution in [0, 0.1) is 0 Å². The van der Waals surface area contributed by atoms with E-state index < -0.39 is 18.0 Å². The van der Waals surface area contributed by atoms with E-state index in [1.807, 2.05) is 0 Å². The number of thiazole rings is 1. The number of anilines is 2. The zero-order valence-corrected chi connectivity index (χ0v) is 10.2. The number of aliphatic carboxylic acids is 1. The van der Waals surface area contributed by atoms with Crippen LogP contribution in [0.3, 0.4) is 0 Å². The maximum Gasteiger partial charge on any atom is 0.335 e. The molecule has 1 aromatic heterocycles. The van der Waals surface area contributed by atoms with E-state index in [1.165, 1.54) is 12.3 Å². The first-order valence-electron chi connectivity index (χ1n) is 4.87. The molecule has 0 aliphatic rings. The highest BCUT2D eigenvalue weighted by atomic mass is 32.1. The van der Waals surface area contributed by atoms with Crippen molar-refractivity contribution >= 4 is 34.2 Å². The second-order valence-electron chi connectivity index (χ2n) is 3.20. The highest BCUT2D eigenvalue weighted by molar-refractivity contribution is 7.13. The molecule has 1 heterocycles. The Kier molecular flexibility index (Phi) is 4.41. The lowest BCUT2D eigenvalue weighted by atomic mass is 10.3. The van der Waals surface area contributed by atoms with Crippen molar-refractivity contribution in [1.29, 1.82) is 0 Å². The number of carboxylic acid groups (broad SMARTS) is 1. The number of carboxylic acids is 1. The van der Waals surface area contributed by atoms with Gasteiger partial charge in [0.1, 0.15) is 0 Å². The third kappa shape index (κ3) is 3.40. The van der Waals surface area contributed by atoms with Crippen LogP contribution >= 0.6 is 11.3 Å².